The van der Waals surface area contributed by atoms with Gasteiger partial charge in [0.1, 0.15) is 5.82 Å². The monoisotopic (exact) mass is 418 g/mol. The summed E-state index contributed by atoms with van der Waals surface area (Å²) >= 11 is 0. The predicted molar refractivity (Wildman–Crippen MR) is 110 cm³/mol. The largest absolute Gasteiger partial charge is 0.416 e. The van der Waals surface area contributed by atoms with Crippen LogP contribution in [0.1, 0.15) is 28.2 Å². The van der Waals surface area contributed by atoms with E-state index in [0.29, 0.717) is 13.0 Å². The average molecular weight is 418 g/mol. The van der Waals surface area contributed by atoms with Gasteiger partial charge >= 0.3 is 6.18 Å². The number of hydrogen-bond acceptors (Lipinski definition) is 3. The Balaban J connectivity index is 1.64. The lowest BCUT2D eigenvalue weighted by atomic mass is 10.1. The van der Waals surface area contributed by atoms with Crippen molar-refractivity contribution in [1.82, 2.24) is 19.8 Å². The molecule has 0 saturated carbocycles. The molecule has 0 unspecified atom stereocenters. The third-order valence-electron chi connectivity index (χ3n) is 4.83. The fourth-order valence-corrected chi connectivity index (χ4v) is 3.31. The smallest absolute Gasteiger partial charge is 0.352 e. The molecule has 0 aliphatic carbocycles. The number of para-hydroxylation sites is 2. The number of carbonyl (C=O) groups is 1. The van der Waals surface area contributed by atoms with E-state index in [2.05, 4.69) is 14.8 Å². The number of aromatic nitrogens is 2. The van der Waals surface area contributed by atoms with E-state index in [1.165, 1.54) is 12.1 Å². The third-order valence-corrected chi connectivity index (χ3v) is 4.83. The zero-order chi connectivity index (χ0) is 21.7. The Hall–Kier alpha value is -2.87. The summed E-state index contributed by atoms with van der Waals surface area (Å²) in [5.74, 6) is 0.474. The molecule has 0 aliphatic rings. The summed E-state index contributed by atoms with van der Waals surface area (Å²) in [5.41, 5.74) is 1.39. The molecule has 1 N–H and O–H groups in total. The second kappa shape index (κ2) is 9.30. The topological polar surface area (TPSA) is 50.2 Å². The standard InChI is InChI=1S/C22H25F3N4O/c1-28(2)14-5-15-29-19-7-4-3-6-18(19)27-20(29)12-13-26-21(30)16-8-10-17(11-9-16)22(23,24)25/h3-4,6-11H,5,12-15H2,1-2H3,(H,26,30). The molecule has 1 aromatic heterocycles. The van der Waals surface area contributed by atoms with Crippen molar-refractivity contribution in [2.75, 3.05) is 27.2 Å². The molecule has 8 heteroatoms. The molecule has 1 heterocycles. The Morgan fingerprint density at radius 3 is 2.47 bits per heavy atom. The quantitative estimate of drug-likeness (QED) is 0.602. The van der Waals surface area contributed by atoms with E-state index in [1.807, 2.05) is 38.4 Å². The lowest BCUT2D eigenvalue weighted by molar-refractivity contribution is -0.137. The fraction of sp³-hybridized carbons (Fsp3) is 0.364. The second-order valence-electron chi connectivity index (χ2n) is 7.41. The van der Waals surface area contributed by atoms with Gasteiger partial charge in [0.2, 0.25) is 0 Å². The van der Waals surface area contributed by atoms with Crippen LogP contribution in [0.15, 0.2) is 48.5 Å². The van der Waals surface area contributed by atoms with Gasteiger partial charge < -0.3 is 14.8 Å². The molecule has 0 radical (unpaired) electrons. The van der Waals surface area contributed by atoms with Gasteiger partial charge in [0, 0.05) is 25.1 Å². The lowest BCUT2D eigenvalue weighted by Gasteiger charge is -2.13. The number of alkyl halides is 3. The van der Waals surface area contributed by atoms with Gasteiger partial charge in [0.15, 0.2) is 0 Å². The number of halogens is 3. The Morgan fingerprint density at radius 2 is 1.80 bits per heavy atom. The maximum Gasteiger partial charge on any atom is 0.416 e. The van der Waals surface area contributed by atoms with Crippen LogP contribution in [0.5, 0.6) is 0 Å². The zero-order valence-electron chi connectivity index (χ0n) is 17.0. The summed E-state index contributed by atoms with van der Waals surface area (Å²) in [6.07, 6.45) is -2.91. The van der Waals surface area contributed by atoms with Crippen LogP contribution in [-0.2, 0) is 19.1 Å². The molecular weight excluding hydrogens is 393 g/mol. The number of benzene rings is 2. The number of nitrogens with one attached hydrogen (secondary N) is 1. The minimum Gasteiger partial charge on any atom is -0.352 e. The van der Waals surface area contributed by atoms with Gasteiger partial charge in [0.25, 0.3) is 5.91 Å². The summed E-state index contributed by atoms with van der Waals surface area (Å²) in [7, 11) is 4.06. The highest BCUT2D eigenvalue weighted by molar-refractivity contribution is 5.94. The van der Waals surface area contributed by atoms with E-state index in [4.69, 9.17) is 4.98 Å². The molecule has 0 aliphatic heterocycles. The molecule has 0 bridgehead atoms. The van der Waals surface area contributed by atoms with Crippen LogP contribution in [0.4, 0.5) is 13.2 Å². The molecule has 0 fully saturated rings. The molecule has 30 heavy (non-hydrogen) atoms. The fourth-order valence-electron chi connectivity index (χ4n) is 3.31. The van der Waals surface area contributed by atoms with E-state index >= 15 is 0 Å². The number of imidazole rings is 1. The Bertz CT molecular complexity index is 994. The molecule has 3 aromatic rings. The van der Waals surface area contributed by atoms with Crippen LogP contribution in [0.25, 0.3) is 11.0 Å². The van der Waals surface area contributed by atoms with Gasteiger partial charge in [-0.2, -0.15) is 13.2 Å². The SMILES string of the molecule is CN(C)CCCn1c(CCNC(=O)c2ccc(C(F)(F)F)cc2)nc2ccccc21. The average Bonchev–Trinajstić information content (AvgIpc) is 3.05. The first kappa shape index (κ1) is 21.8. The van der Waals surface area contributed by atoms with Crippen molar-refractivity contribution < 1.29 is 18.0 Å². The van der Waals surface area contributed by atoms with Crippen LogP contribution in [0.2, 0.25) is 0 Å². The molecule has 1 amide bonds. The first-order chi connectivity index (χ1) is 14.3. The minimum atomic E-state index is -4.42. The zero-order valence-corrected chi connectivity index (χ0v) is 17.0. The first-order valence-corrected chi connectivity index (χ1v) is 9.80. The van der Waals surface area contributed by atoms with Crippen LogP contribution in [0.3, 0.4) is 0 Å². The van der Waals surface area contributed by atoms with Crippen molar-refractivity contribution >= 4 is 16.9 Å². The Morgan fingerprint density at radius 1 is 1.10 bits per heavy atom. The van der Waals surface area contributed by atoms with Crippen molar-refractivity contribution in [1.29, 1.82) is 0 Å². The van der Waals surface area contributed by atoms with Crippen molar-refractivity contribution in [2.45, 2.75) is 25.6 Å². The van der Waals surface area contributed by atoms with Crippen LogP contribution in [0, 0.1) is 0 Å². The van der Waals surface area contributed by atoms with Crippen molar-refractivity contribution in [3.63, 3.8) is 0 Å². The molecular formula is C22H25F3N4O. The highest BCUT2D eigenvalue weighted by atomic mass is 19.4. The number of rotatable bonds is 8. The lowest BCUT2D eigenvalue weighted by Crippen LogP contribution is -2.26. The number of amides is 1. The van der Waals surface area contributed by atoms with Gasteiger partial charge in [-0.3, -0.25) is 4.79 Å². The summed E-state index contributed by atoms with van der Waals surface area (Å²) < 4.78 is 40.1. The molecule has 0 spiro atoms. The van der Waals surface area contributed by atoms with Crippen molar-refractivity contribution in [3.05, 3.63) is 65.5 Å². The minimum absolute atomic E-state index is 0.197. The summed E-state index contributed by atoms with van der Waals surface area (Å²) in [6, 6.07) is 12.1. The van der Waals surface area contributed by atoms with Gasteiger partial charge in [-0.1, -0.05) is 12.1 Å². The van der Waals surface area contributed by atoms with Gasteiger partial charge in [-0.15, -0.1) is 0 Å². The molecule has 0 saturated heterocycles. The molecule has 3 rings (SSSR count). The van der Waals surface area contributed by atoms with Gasteiger partial charge in [-0.05, 0) is 63.5 Å². The molecule has 2 aromatic carbocycles. The summed E-state index contributed by atoms with van der Waals surface area (Å²) in [6.45, 7) is 2.12. The number of nitrogens with zero attached hydrogens (tertiary/aromatic N) is 3. The van der Waals surface area contributed by atoms with Crippen LogP contribution in [-0.4, -0.2) is 47.5 Å². The Labute approximate surface area is 173 Å². The van der Waals surface area contributed by atoms with E-state index in [9.17, 15) is 18.0 Å². The second-order valence-corrected chi connectivity index (χ2v) is 7.41. The number of carbonyl (C=O) groups excluding carboxylic acids is 1. The highest BCUT2D eigenvalue weighted by Gasteiger charge is 2.30. The normalized spacial score (nSPS) is 11.9. The van der Waals surface area contributed by atoms with Crippen molar-refractivity contribution in [2.24, 2.45) is 0 Å². The van der Waals surface area contributed by atoms with E-state index in [1.54, 1.807) is 0 Å². The van der Waals surface area contributed by atoms with E-state index in [0.717, 1.165) is 48.5 Å². The molecule has 5 nitrogen and oxygen atoms in total. The first-order valence-electron chi connectivity index (χ1n) is 9.80. The van der Waals surface area contributed by atoms with E-state index in [-0.39, 0.29) is 5.56 Å². The number of hydrogen-bond donors (Lipinski definition) is 1. The van der Waals surface area contributed by atoms with Crippen molar-refractivity contribution in [3.8, 4) is 0 Å². The molecule has 0 atom stereocenters. The summed E-state index contributed by atoms with van der Waals surface area (Å²) in [5, 5.41) is 2.77. The summed E-state index contributed by atoms with van der Waals surface area (Å²) in [4.78, 5) is 19.1. The number of aryl methyl sites for hydroxylation is 1. The third kappa shape index (κ3) is 5.38. The maximum absolute atomic E-state index is 12.7. The maximum atomic E-state index is 12.7. The molecule has 160 valence electrons. The van der Waals surface area contributed by atoms with E-state index < -0.39 is 17.6 Å². The highest BCUT2D eigenvalue weighted by Crippen LogP contribution is 2.29. The van der Waals surface area contributed by atoms with Crippen LogP contribution >= 0.6 is 0 Å². The Kier molecular flexibility index (Phi) is 6.77. The van der Waals surface area contributed by atoms with Gasteiger partial charge in [0.05, 0.1) is 16.6 Å². The van der Waals surface area contributed by atoms with Crippen LogP contribution < -0.4 is 5.32 Å². The predicted octanol–water partition coefficient (Wildman–Crippen LogP) is 3.98. The number of fused-ring (bicyclic) bond motifs is 1. The van der Waals surface area contributed by atoms with Gasteiger partial charge in [-0.25, -0.2) is 4.98 Å².